The lowest BCUT2D eigenvalue weighted by molar-refractivity contribution is -0.137. The summed E-state index contributed by atoms with van der Waals surface area (Å²) in [6.45, 7) is -1.14. The molecular weight excluding hydrogens is 236 g/mol. The van der Waals surface area contributed by atoms with E-state index in [4.69, 9.17) is 16.7 Å². The van der Waals surface area contributed by atoms with Crippen LogP contribution in [0, 0.1) is 0 Å². The second-order valence-electron chi connectivity index (χ2n) is 2.91. The molecule has 1 rings (SSSR count). The summed E-state index contributed by atoms with van der Waals surface area (Å²) in [7, 11) is 0. The summed E-state index contributed by atoms with van der Waals surface area (Å²) < 4.78 is 49.0. The average Bonchev–Trinajstić information content (AvgIpc) is 2.15. The second kappa shape index (κ2) is 4.37. The molecule has 6 heteroatoms. The highest BCUT2D eigenvalue weighted by molar-refractivity contribution is 6.31. The third kappa shape index (κ3) is 2.82. The summed E-state index contributed by atoms with van der Waals surface area (Å²) in [6.07, 6.45) is -6.16. The van der Waals surface area contributed by atoms with Crippen LogP contribution in [-0.2, 0) is 6.18 Å². The molecule has 0 saturated heterocycles. The van der Waals surface area contributed by atoms with E-state index in [9.17, 15) is 17.6 Å². The summed E-state index contributed by atoms with van der Waals surface area (Å²) in [5, 5.41) is 8.55. The number of hydrogen-bond donors (Lipinski definition) is 1. The van der Waals surface area contributed by atoms with Crippen molar-refractivity contribution in [1.29, 1.82) is 0 Å². The molecule has 0 aliphatic heterocycles. The van der Waals surface area contributed by atoms with Crippen molar-refractivity contribution in [2.24, 2.45) is 0 Å². The van der Waals surface area contributed by atoms with Crippen LogP contribution in [-0.4, -0.2) is 11.8 Å². The van der Waals surface area contributed by atoms with Gasteiger partial charge < -0.3 is 5.11 Å². The van der Waals surface area contributed by atoms with E-state index >= 15 is 0 Å². The SMILES string of the molecule is OC(CF)c1ccc(Cl)c(C(F)(F)F)c1. The van der Waals surface area contributed by atoms with Gasteiger partial charge in [-0.1, -0.05) is 17.7 Å². The minimum absolute atomic E-state index is 0.144. The smallest absolute Gasteiger partial charge is 0.386 e. The summed E-state index contributed by atoms with van der Waals surface area (Å²) in [5.74, 6) is 0. The second-order valence-corrected chi connectivity index (χ2v) is 3.31. The van der Waals surface area contributed by atoms with E-state index in [1.165, 1.54) is 0 Å². The van der Waals surface area contributed by atoms with Crippen molar-refractivity contribution in [2.75, 3.05) is 6.67 Å². The lowest BCUT2D eigenvalue weighted by atomic mass is 10.1. The van der Waals surface area contributed by atoms with Crippen molar-refractivity contribution in [2.45, 2.75) is 12.3 Å². The third-order valence-electron chi connectivity index (χ3n) is 1.83. The number of alkyl halides is 4. The molecule has 0 amide bonds. The Morgan fingerprint density at radius 1 is 1.33 bits per heavy atom. The van der Waals surface area contributed by atoms with E-state index in [-0.39, 0.29) is 5.56 Å². The largest absolute Gasteiger partial charge is 0.417 e. The van der Waals surface area contributed by atoms with E-state index in [1.807, 2.05) is 0 Å². The molecule has 1 N–H and O–H groups in total. The van der Waals surface area contributed by atoms with Crippen LogP contribution in [0.3, 0.4) is 0 Å². The van der Waals surface area contributed by atoms with Crippen LogP contribution in [0.4, 0.5) is 17.6 Å². The number of aliphatic hydroxyl groups excluding tert-OH is 1. The predicted molar refractivity (Wildman–Crippen MR) is 47.4 cm³/mol. The van der Waals surface area contributed by atoms with Crippen LogP contribution in [0.5, 0.6) is 0 Å². The van der Waals surface area contributed by atoms with Crippen LogP contribution >= 0.6 is 11.6 Å². The maximum atomic E-state index is 12.3. The van der Waals surface area contributed by atoms with Crippen molar-refractivity contribution < 1.29 is 22.7 Å². The van der Waals surface area contributed by atoms with Gasteiger partial charge in [0.1, 0.15) is 12.8 Å². The van der Waals surface area contributed by atoms with E-state index in [2.05, 4.69) is 0 Å². The molecule has 0 fully saturated rings. The molecule has 0 radical (unpaired) electrons. The summed E-state index contributed by atoms with van der Waals surface area (Å²) in [6, 6.07) is 2.78. The Morgan fingerprint density at radius 2 is 1.93 bits per heavy atom. The zero-order valence-electron chi connectivity index (χ0n) is 7.35. The Kier molecular flexibility index (Phi) is 3.57. The predicted octanol–water partition coefficient (Wildman–Crippen LogP) is 3.36. The maximum Gasteiger partial charge on any atom is 0.417 e. The number of rotatable bonds is 2. The number of benzene rings is 1. The van der Waals surface area contributed by atoms with Crippen molar-refractivity contribution >= 4 is 11.6 Å². The van der Waals surface area contributed by atoms with Gasteiger partial charge in [0.15, 0.2) is 0 Å². The third-order valence-corrected chi connectivity index (χ3v) is 2.16. The fourth-order valence-electron chi connectivity index (χ4n) is 1.06. The molecule has 0 aromatic heterocycles. The topological polar surface area (TPSA) is 20.2 Å². The van der Waals surface area contributed by atoms with Crippen LogP contribution < -0.4 is 0 Å². The first-order chi connectivity index (χ1) is 6.86. The monoisotopic (exact) mass is 242 g/mol. The molecule has 0 aliphatic carbocycles. The molecule has 1 nitrogen and oxygen atoms in total. The van der Waals surface area contributed by atoms with Crippen LogP contribution in [0.2, 0.25) is 5.02 Å². The lowest BCUT2D eigenvalue weighted by Gasteiger charge is -2.12. The van der Waals surface area contributed by atoms with E-state index in [1.54, 1.807) is 0 Å². The molecule has 0 aliphatic rings. The first kappa shape index (κ1) is 12.3. The Hall–Kier alpha value is -0.810. The molecule has 1 unspecified atom stereocenters. The standard InChI is InChI=1S/C9H7ClF4O/c10-7-2-1-5(8(15)4-11)3-6(7)9(12,13)14/h1-3,8,15H,4H2. The van der Waals surface area contributed by atoms with Gasteiger partial charge in [0.25, 0.3) is 0 Å². The van der Waals surface area contributed by atoms with Crippen molar-refractivity contribution in [3.63, 3.8) is 0 Å². The molecule has 0 saturated carbocycles. The van der Waals surface area contributed by atoms with Gasteiger partial charge in [-0.15, -0.1) is 0 Å². The van der Waals surface area contributed by atoms with E-state index in [0.29, 0.717) is 6.07 Å². The van der Waals surface area contributed by atoms with E-state index in [0.717, 1.165) is 12.1 Å². The van der Waals surface area contributed by atoms with Crippen LogP contribution in [0.1, 0.15) is 17.2 Å². The van der Waals surface area contributed by atoms with Crippen LogP contribution in [0.15, 0.2) is 18.2 Å². The summed E-state index contributed by atoms with van der Waals surface area (Å²) >= 11 is 5.33. The Morgan fingerprint density at radius 3 is 2.40 bits per heavy atom. The fraction of sp³-hybridized carbons (Fsp3) is 0.333. The number of aliphatic hydroxyl groups is 1. The number of halogens is 5. The zero-order chi connectivity index (χ0) is 11.6. The summed E-state index contributed by atoms with van der Waals surface area (Å²) in [5.41, 5.74) is -1.22. The Bertz CT molecular complexity index is 350. The normalized spacial score (nSPS) is 14.0. The lowest BCUT2D eigenvalue weighted by Crippen LogP contribution is -2.08. The molecule has 0 bridgehead atoms. The van der Waals surface area contributed by atoms with Gasteiger partial charge in [-0.25, -0.2) is 4.39 Å². The Labute approximate surface area is 88.3 Å². The van der Waals surface area contributed by atoms with Crippen molar-refractivity contribution in [3.05, 3.63) is 34.3 Å². The molecular formula is C9H7ClF4O. The van der Waals surface area contributed by atoms with Gasteiger partial charge in [0.05, 0.1) is 10.6 Å². The molecule has 84 valence electrons. The highest BCUT2D eigenvalue weighted by atomic mass is 35.5. The van der Waals surface area contributed by atoms with Gasteiger partial charge in [0.2, 0.25) is 0 Å². The first-order valence-electron chi connectivity index (χ1n) is 3.97. The van der Waals surface area contributed by atoms with Gasteiger partial charge >= 0.3 is 6.18 Å². The van der Waals surface area contributed by atoms with Crippen LogP contribution in [0.25, 0.3) is 0 Å². The first-order valence-corrected chi connectivity index (χ1v) is 4.34. The van der Waals surface area contributed by atoms with Gasteiger partial charge in [0, 0.05) is 0 Å². The molecule has 1 aromatic carbocycles. The highest BCUT2D eigenvalue weighted by Gasteiger charge is 2.33. The van der Waals surface area contributed by atoms with Gasteiger partial charge in [-0.2, -0.15) is 13.2 Å². The molecule has 0 heterocycles. The fourth-order valence-corrected chi connectivity index (χ4v) is 1.28. The minimum Gasteiger partial charge on any atom is -0.386 e. The molecule has 15 heavy (non-hydrogen) atoms. The Balaban J connectivity index is 3.17. The van der Waals surface area contributed by atoms with Gasteiger partial charge in [-0.05, 0) is 17.7 Å². The molecule has 1 aromatic rings. The maximum absolute atomic E-state index is 12.3. The quantitative estimate of drug-likeness (QED) is 0.789. The van der Waals surface area contributed by atoms with Gasteiger partial charge in [-0.3, -0.25) is 0 Å². The van der Waals surface area contributed by atoms with Crippen molar-refractivity contribution in [3.8, 4) is 0 Å². The minimum atomic E-state index is -4.61. The van der Waals surface area contributed by atoms with Crippen molar-refractivity contribution in [1.82, 2.24) is 0 Å². The molecule has 1 atom stereocenters. The average molecular weight is 243 g/mol. The summed E-state index contributed by atoms with van der Waals surface area (Å²) in [4.78, 5) is 0. The van der Waals surface area contributed by atoms with E-state index < -0.39 is 29.5 Å². The molecule has 0 spiro atoms. The highest BCUT2D eigenvalue weighted by Crippen LogP contribution is 2.36. The number of hydrogen-bond acceptors (Lipinski definition) is 1. The zero-order valence-corrected chi connectivity index (χ0v) is 8.11.